The average molecular weight is 267 g/mol. The minimum absolute atomic E-state index is 1.21. The van der Waals surface area contributed by atoms with Crippen LogP contribution in [0.2, 0.25) is 0 Å². The lowest BCUT2D eigenvalue weighted by Crippen LogP contribution is -1.86. The molecule has 3 rings (SSSR count). The SMILES string of the molecule is CSc1ccc(C)cc1-c1[nH]c2ccccc2c1C. The molecule has 3 aromatic rings. The number of benzene rings is 2. The molecule has 0 saturated heterocycles. The van der Waals surface area contributed by atoms with Gasteiger partial charge in [-0.2, -0.15) is 0 Å². The van der Waals surface area contributed by atoms with E-state index in [2.05, 4.69) is 67.6 Å². The summed E-state index contributed by atoms with van der Waals surface area (Å²) in [7, 11) is 0. The summed E-state index contributed by atoms with van der Waals surface area (Å²) in [5, 5.41) is 1.31. The van der Waals surface area contributed by atoms with Crippen LogP contribution in [0.15, 0.2) is 47.4 Å². The summed E-state index contributed by atoms with van der Waals surface area (Å²) in [6, 6.07) is 15.1. The lowest BCUT2D eigenvalue weighted by Gasteiger charge is -2.08. The van der Waals surface area contributed by atoms with Crippen molar-refractivity contribution in [1.82, 2.24) is 4.98 Å². The van der Waals surface area contributed by atoms with E-state index in [-0.39, 0.29) is 0 Å². The molecule has 96 valence electrons. The number of rotatable bonds is 2. The Morgan fingerprint density at radius 1 is 1.00 bits per heavy atom. The van der Waals surface area contributed by atoms with Crippen molar-refractivity contribution in [3.05, 3.63) is 53.6 Å². The second-order valence-corrected chi connectivity index (χ2v) is 5.72. The van der Waals surface area contributed by atoms with E-state index in [9.17, 15) is 0 Å². The Labute approximate surface area is 118 Å². The number of aromatic nitrogens is 1. The number of para-hydroxylation sites is 1. The van der Waals surface area contributed by atoms with E-state index in [1.54, 1.807) is 11.8 Å². The van der Waals surface area contributed by atoms with Crippen molar-refractivity contribution in [3.8, 4) is 11.3 Å². The van der Waals surface area contributed by atoms with Crippen molar-refractivity contribution < 1.29 is 0 Å². The number of aryl methyl sites for hydroxylation is 2. The molecule has 0 aliphatic carbocycles. The van der Waals surface area contributed by atoms with Crippen molar-refractivity contribution >= 4 is 22.7 Å². The molecular formula is C17H17NS. The van der Waals surface area contributed by atoms with Crippen molar-refractivity contribution in [1.29, 1.82) is 0 Å². The Bertz CT molecular complexity index is 740. The van der Waals surface area contributed by atoms with E-state index in [0.29, 0.717) is 0 Å². The summed E-state index contributed by atoms with van der Waals surface area (Å²) >= 11 is 1.80. The maximum absolute atomic E-state index is 3.57. The molecule has 2 heteroatoms. The fourth-order valence-corrected chi connectivity index (χ4v) is 3.15. The van der Waals surface area contributed by atoms with Crippen LogP contribution in [0.25, 0.3) is 22.2 Å². The van der Waals surface area contributed by atoms with Gasteiger partial charge in [-0.05, 0) is 43.9 Å². The molecule has 0 amide bonds. The van der Waals surface area contributed by atoms with Gasteiger partial charge in [-0.15, -0.1) is 11.8 Å². The Hall–Kier alpha value is -1.67. The van der Waals surface area contributed by atoms with E-state index in [4.69, 9.17) is 0 Å². The largest absolute Gasteiger partial charge is 0.354 e. The van der Waals surface area contributed by atoms with Gasteiger partial charge >= 0.3 is 0 Å². The van der Waals surface area contributed by atoms with Crippen LogP contribution < -0.4 is 0 Å². The Morgan fingerprint density at radius 3 is 2.53 bits per heavy atom. The van der Waals surface area contributed by atoms with E-state index < -0.39 is 0 Å². The molecule has 1 nitrogen and oxygen atoms in total. The second kappa shape index (κ2) is 4.78. The van der Waals surface area contributed by atoms with Gasteiger partial charge in [0.25, 0.3) is 0 Å². The maximum atomic E-state index is 3.57. The highest BCUT2D eigenvalue weighted by molar-refractivity contribution is 7.98. The quantitative estimate of drug-likeness (QED) is 0.633. The molecule has 0 saturated carbocycles. The number of nitrogens with one attached hydrogen (secondary N) is 1. The molecule has 1 heterocycles. The van der Waals surface area contributed by atoms with Gasteiger partial charge in [0.2, 0.25) is 0 Å². The summed E-state index contributed by atoms with van der Waals surface area (Å²) in [6.07, 6.45) is 2.13. The Morgan fingerprint density at radius 2 is 1.79 bits per heavy atom. The van der Waals surface area contributed by atoms with E-state index in [0.717, 1.165) is 0 Å². The first-order valence-electron chi connectivity index (χ1n) is 6.43. The van der Waals surface area contributed by atoms with Crippen molar-refractivity contribution in [2.75, 3.05) is 6.26 Å². The van der Waals surface area contributed by atoms with Gasteiger partial charge in [-0.25, -0.2) is 0 Å². The molecule has 1 N–H and O–H groups in total. The lowest BCUT2D eigenvalue weighted by molar-refractivity contribution is 1.32. The smallest absolute Gasteiger partial charge is 0.0505 e. The molecule has 0 aliphatic heterocycles. The summed E-state index contributed by atoms with van der Waals surface area (Å²) in [5.41, 5.74) is 6.39. The van der Waals surface area contributed by atoms with Gasteiger partial charge < -0.3 is 4.98 Å². The highest BCUT2D eigenvalue weighted by Gasteiger charge is 2.12. The monoisotopic (exact) mass is 267 g/mol. The zero-order chi connectivity index (χ0) is 13.4. The molecule has 0 unspecified atom stereocenters. The van der Waals surface area contributed by atoms with Crippen LogP contribution in [0.5, 0.6) is 0 Å². The summed E-state index contributed by atoms with van der Waals surface area (Å²) in [5.74, 6) is 0. The molecule has 0 radical (unpaired) electrons. The predicted octanol–water partition coefficient (Wildman–Crippen LogP) is 5.17. The summed E-state index contributed by atoms with van der Waals surface area (Å²) < 4.78 is 0. The first-order chi connectivity index (χ1) is 9.20. The van der Waals surface area contributed by atoms with E-state index in [1.807, 2.05) is 0 Å². The highest BCUT2D eigenvalue weighted by atomic mass is 32.2. The van der Waals surface area contributed by atoms with Crippen LogP contribution in [-0.4, -0.2) is 11.2 Å². The van der Waals surface area contributed by atoms with Crippen molar-refractivity contribution in [3.63, 3.8) is 0 Å². The summed E-state index contributed by atoms with van der Waals surface area (Å²) in [4.78, 5) is 4.89. The molecule has 0 aliphatic rings. The van der Waals surface area contributed by atoms with Gasteiger partial charge in [0, 0.05) is 21.4 Å². The summed E-state index contributed by atoms with van der Waals surface area (Å²) in [6.45, 7) is 4.34. The molecule has 2 aromatic carbocycles. The average Bonchev–Trinajstić information content (AvgIpc) is 2.76. The zero-order valence-electron chi connectivity index (χ0n) is 11.4. The van der Waals surface area contributed by atoms with Crippen LogP contribution in [0.3, 0.4) is 0 Å². The normalized spacial score (nSPS) is 11.1. The molecule has 0 atom stereocenters. The minimum atomic E-state index is 1.21. The van der Waals surface area contributed by atoms with Crippen LogP contribution in [-0.2, 0) is 0 Å². The molecular weight excluding hydrogens is 250 g/mol. The maximum Gasteiger partial charge on any atom is 0.0505 e. The number of thioether (sulfide) groups is 1. The van der Waals surface area contributed by atoms with Gasteiger partial charge in [0.1, 0.15) is 0 Å². The number of hydrogen-bond acceptors (Lipinski definition) is 1. The van der Waals surface area contributed by atoms with Gasteiger partial charge in [0.05, 0.1) is 5.69 Å². The molecule has 19 heavy (non-hydrogen) atoms. The van der Waals surface area contributed by atoms with Crippen molar-refractivity contribution in [2.45, 2.75) is 18.7 Å². The highest BCUT2D eigenvalue weighted by Crippen LogP contribution is 2.35. The van der Waals surface area contributed by atoms with Gasteiger partial charge in [0.15, 0.2) is 0 Å². The van der Waals surface area contributed by atoms with Crippen LogP contribution in [0.1, 0.15) is 11.1 Å². The van der Waals surface area contributed by atoms with E-state index >= 15 is 0 Å². The van der Waals surface area contributed by atoms with Gasteiger partial charge in [-0.1, -0.05) is 29.8 Å². The lowest BCUT2D eigenvalue weighted by atomic mass is 10.0. The third kappa shape index (κ3) is 2.06. The van der Waals surface area contributed by atoms with E-state index in [1.165, 1.54) is 38.2 Å². The standard InChI is InChI=1S/C17H17NS/c1-11-8-9-16(19-3)14(10-11)17-12(2)13-6-4-5-7-15(13)18-17/h4-10,18H,1-3H3. The van der Waals surface area contributed by atoms with Gasteiger partial charge in [-0.3, -0.25) is 0 Å². The zero-order valence-corrected chi connectivity index (χ0v) is 12.3. The molecule has 0 fully saturated rings. The Balaban J connectivity index is 2.30. The predicted molar refractivity (Wildman–Crippen MR) is 85.0 cm³/mol. The number of H-pyrrole nitrogens is 1. The number of fused-ring (bicyclic) bond motifs is 1. The number of hydrogen-bond donors (Lipinski definition) is 1. The van der Waals surface area contributed by atoms with Crippen molar-refractivity contribution in [2.24, 2.45) is 0 Å². The number of aromatic amines is 1. The van der Waals surface area contributed by atoms with Crippen LogP contribution in [0.4, 0.5) is 0 Å². The molecule has 1 aromatic heterocycles. The fraction of sp³-hybridized carbons (Fsp3) is 0.176. The van der Waals surface area contributed by atoms with Crippen LogP contribution >= 0.6 is 11.8 Å². The third-order valence-electron chi connectivity index (χ3n) is 3.59. The Kier molecular flexibility index (Phi) is 3.11. The second-order valence-electron chi connectivity index (χ2n) is 4.87. The van der Waals surface area contributed by atoms with Crippen LogP contribution in [0, 0.1) is 13.8 Å². The minimum Gasteiger partial charge on any atom is -0.354 e. The topological polar surface area (TPSA) is 15.8 Å². The first kappa shape index (κ1) is 12.4. The fourth-order valence-electron chi connectivity index (χ4n) is 2.57. The third-order valence-corrected chi connectivity index (χ3v) is 4.39. The first-order valence-corrected chi connectivity index (χ1v) is 7.65. The molecule has 0 spiro atoms. The molecule has 0 bridgehead atoms.